The van der Waals surface area contributed by atoms with Crippen LogP contribution >= 0.6 is 11.6 Å². The zero-order chi connectivity index (χ0) is 28.9. The van der Waals surface area contributed by atoms with Crippen LogP contribution in [0.25, 0.3) is 0 Å². The number of nitrogens with one attached hydrogen (secondary N) is 1. The van der Waals surface area contributed by atoms with Crippen molar-refractivity contribution in [3.8, 4) is 5.75 Å². The number of pyridine rings is 1. The molecule has 206 valence electrons. The predicted molar refractivity (Wildman–Crippen MR) is 154 cm³/mol. The number of hydrogen-bond acceptors (Lipinski definition) is 6. The summed E-state index contributed by atoms with van der Waals surface area (Å²) in [6.45, 7) is -0.435. The molecule has 0 saturated heterocycles. The van der Waals surface area contributed by atoms with Crippen molar-refractivity contribution in [2.24, 2.45) is 0 Å². The molecule has 4 aromatic rings. The molecule has 9 nitrogen and oxygen atoms in total. The van der Waals surface area contributed by atoms with Crippen molar-refractivity contribution in [3.05, 3.63) is 119 Å². The summed E-state index contributed by atoms with van der Waals surface area (Å²) in [5.41, 5.74) is 2.25. The number of carbonyl (C=O) groups is 4. The van der Waals surface area contributed by atoms with E-state index in [2.05, 4.69) is 10.3 Å². The van der Waals surface area contributed by atoms with Crippen LogP contribution in [0.5, 0.6) is 5.75 Å². The number of ether oxygens (including phenoxy) is 1. The fraction of sp³-hybridized carbons (Fsp3) is 0.129. The predicted octanol–water partition coefficient (Wildman–Crippen LogP) is 4.68. The van der Waals surface area contributed by atoms with E-state index in [1.54, 1.807) is 104 Å². The highest BCUT2D eigenvalue weighted by Crippen LogP contribution is 2.31. The highest BCUT2D eigenvalue weighted by Gasteiger charge is 2.39. The second-order valence-corrected chi connectivity index (χ2v) is 9.73. The molecule has 1 aliphatic heterocycles. The number of nitrogens with zero attached hydrogens (tertiary/aromatic N) is 3. The first-order chi connectivity index (χ1) is 19.9. The molecule has 1 aromatic heterocycles. The van der Waals surface area contributed by atoms with Crippen LogP contribution in [0.3, 0.4) is 0 Å². The first kappa shape index (κ1) is 27.5. The molecular formula is C31H25ClN4O5. The number of amides is 3. The van der Waals surface area contributed by atoms with Crippen LogP contribution in [0, 0.1) is 0 Å². The van der Waals surface area contributed by atoms with Crippen LogP contribution in [0.2, 0.25) is 5.02 Å². The average molecular weight is 569 g/mol. The largest absolute Gasteiger partial charge is 0.497 e. The topological polar surface area (TPSA) is 109 Å². The number of Topliss-reactive ketones (excluding diaryl/α,β-unsaturated/α-hetero) is 1. The van der Waals surface area contributed by atoms with Crippen molar-refractivity contribution in [2.45, 2.75) is 12.6 Å². The zero-order valence-corrected chi connectivity index (χ0v) is 22.7. The van der Waals surface area contributed by atoms with Crippen LogP contribution in [0.1, 0.15) is 27.5 Å². The molecule has 0 bridgehead atoms. The Kier molecular flexibility index (Phi) is 8.07. The minimum atomic E-state index is -1.12. The minimum absolute atomic E-state index is 0.00756. The Bertz CT molecular complexity index is 1590. The van der Waals surface area contributed by atoms with Crippen LogP contribution in [0.15, 0.2) is 97.3 Å². The molecule has 0 radical (unpaired) electrons. The number of aromatic nitrogens is 1. The Morgan fingerprint density at radius 2 is 1.71 bits per heavy atom. The molecule has 2 heterocycles. The number of carbonyl (C=O) groups excluding carboxylic acids is 4. The average Bonchev–Trinajstić information content (AvgIpc) is 3.23. The summed E-state index contributed by atoms with van der Waals surface area (Å²) >= 11 is 6.14. The lowest BCUT2D eigenvalue weighted by Crippen LogP contribution is -2.46. The van der Waals surface area contributed by atoms with Crippen molar-refractivity contribution in [1.82, 2.24) is 9.88 Å². The van der Waals surface area contributed by atoms with E-state index in [1.807, 2.05) is 0 Å². The molecule has 1 aliphatic rings. The van der Waals surface area contributed by atoms with Gasteiger partial charge in [0.2, 0.25) is 5.91 Å². The summed E-state index contributed by atoms with van der Waals surface area (Å²) in [4.78, 5) is 60.1. The Morgan fingerprint density at radius 1 is 0.976 bits per heavy atom. The molecule has 10 heteroatoms. The zero-order valence-electron chi connectivity index (χ0n) is 22.0. The maximum atomic E-state index is 14.1. The van der Waals surface area contributed by atoms with E-state index in [9.17, 15) is 19.2 Å². The van der Waals surface area contributed by atoms with Gasteiger partial charge in [-0.25, -0.2) is 0 Å². The summed E-state index contributed by atoms with van der Waals surface area (Å²) in [5.74, 6) is -1.89. The molecule has 0 saturated carbocycles. The van der Waals surface area contributed by atoms with Gasteiger partial charge in [0.15, 0.2) is 0 Å². The van der Waals surface area contributed by atoms with Gasteiger partial charge in [0, 0.05) is 29.6 Å². The van der Waals surface area contributed by atoms with Crippen molar-refractivity contribution < 1.29 is 23.9 Å². The van der Waals surface area contributed by atoms with E-state index in [0.717, 1.165) is 4.90 Å². The second-order valence-electron chi connectivity index (χ2n) is 9.29. The number of rotatable bonds is 9. The number of benzene rings is 3. The summed E-state index contributed by atoms with van der Waals surface area (Å²) in [5, 5.41) is 3.34. The molecule has 0 unspecified atom stereocenters. The third kappa shape index (κ3) is 5.95. The minimum Gasteiger partial charge on any atom is -0.497 e. The van der Waals surface area contributed by atoms with Gasteiger partial charge in [0.25, 0.3) is 17.6 Å². The van der Waals surface area contributed by atoms with E-state index in [-0.39, 0.29) is 12.1 Å². The van der Waals surface area contributed by atoms with Gasteiger partial charge in [0.05, 0.1) is 18.4 Å². The highest BCUT2D eigenvalue weighted by molar-refractivity contribution is 6.52. The maximum absolute atomic E-state index is 14.1. The van der Waals surface area contributed by atoms with Crippen molar-refractivity contribution in [3.63, 3.8) is 0 Å². The van der Waals surface area contributed by atoms with E-state index < -0.39 is 36.1 Å². The van der Waals surface area contributed by atoms with E-state index >= 15 is 0 Å². The second kappa shape index (κ2) is 12.0. The lowest BCUT2D eigenvalue weighted by molar-refractivity contribution is -0.139. The molecule has 41 heavy (non-hydrogen) atoms. The van der Waals surface area contributed by atoms with Gasteiger partial charge in [-0.3, -0.25) is 29.1 Å². The van der Waals surface area contributed by atoms with Gasteiger partial charge in [-0.15, -0.1) is 0 Å². The maximum Gasteiger partial charge on any atom is 0.299 e. The van der Waals surface area contributed by atoms with Crippen LogP contribution < -0.4 is 15.0 Å². The fourth-order valence-electron chi connectivity index (χ4n) is 4.65. The van der Waals surface area contributed by atoms with Crippen molar-refractivity contribution in [2.75, 3.05) is 23.9 Å². The summed E-state index contributed by atoms with van der Waals surface area (Å²) < 4.78 is 5.20. The van der Waals surface area contributed by atoms with Crippen molar-refractivity contribution in [1.29, 1.82) is 0 Å². The SMILES string of the molecule is COc1ccc(NC(=O)[C@@H](c2ccc(Cl)cc2)N(Cc2cccnc2)C(=O)CN2C(=O)C(=O)c3ccccc32)cc1. The number of methoxy groups -OCH3 is 1. The number of ketones is 1. The van der Waals surface area contributed by atoms with Crippen LogP contribution in [-0.4, -0.2) is 47.0 Å². The molecule has 0 aliphatic carbocycles. The fourth-order valence-corrected chi connectivity index (χ4v) is 4.77. The Hall–Kier alpha value is -5.02. The number of hydrogen-bond donors (Lipinski definition) is 1. The Labute approximate surface area is 241 Å². The molecular weight excluding hydrogens is 544 g/mol. The van der Waals surface area contributed by atoms with E-state index in [1.165, 1.54) is 4.90 Å². The smallest absolute Gasteiger partial charge is 0.299 e. The number of para-hydroxylation sites is 1. The normalized spacial score (nSPS) is 13.0. The summed E-state index contributed by atoms with van der Waals surface area (Å²) in [6, 6.07) is 22.3. The van der Waals surface area contributed by atoms with Gasteiger partial charge in [0.1, 0.15) is 18.3 Å². The monoisotopic (exact) mass is 568 g/mol. The molecule has 1 atom stereocenters. The van der Waals surface area contributed by atoms with Gasteiger partial charge in [-0.2, -0.15) is 0 Å². The third-order valence-electron chi connectivity index (χ3n) is 6.67. The number of halogens is 1. The van der Waals surface area contributed by atoms with Gasteiger partial charge in [-0.05, 0) is 65.7 Å². The summed E-state index contributed by atoms with van der Waals surface area (Å²) in [6.07, 6.45) is 3.20. The van der Waals surface area contributed by atoms with Gasteiger partial charge in [-0.1, -0.05) is 41.9 Å². The van der Waals surface area contributed by atoms with E-state index in [0.29, 0.717) is 33.3 Å². The summed E-state index contributed by atoms with van der Waals surface area (Å²) in [7, 11) is 1.54. The molecule has 1 N–H and O–H groups in total. The molecule has 0 fully saturated rings. The molecule has 3 amide bonds. The van der Waals surface area contributed by atoms with Crippen molar-refractivity contribution >= 4 is 46.5 Å². The lowest BCUT2D eigenvalue weighted by atomic mass is 10.0. The van der Waals surface area contributed by atoms with Crippen LogP contribution in [-0.2, 0) is 20.9 Å². The quantitative estimate of drug-likeness (QED) is 0.294. The standard InChI is InChI=1S/C31H25ClN4O5/c1-41-24-14-12-23(13-15-24)34-30(39)28(21-8-10-22(32)11-9-21)36(18-20-5-4-16-33-17-20)27(37)19-35-26-7-3-2-6-25(26)29(38)31(35)40/h2-17,28H,18-19H2,1H3,(H,34,39)/t28-/m1/s1. The van der Waals surface area contributed by atoms with E-state index in [4.69, 9.17) is 16.3 Å². The first-order valence-corrected chi connectivity index (χ1v) is 13.1. The lowest BCUT2D eigenvalue weighted by Gasteiger charge is -2.33. The van der Waals surface area contributed by atoms with Crippen LogP contribution in [0.4, 0.5) is 11.4 Å². The third-order valence-corrected chi connectivity index (χ3v) is 6.92. The molecule has 5 rings (SSSR count). The highest BCUT2D eigenvalue weighted by atomic mass is 35.5. The Balaban J connectivity index is 1.53. The Morgan fingerprint density at radius 3 is 2.39 bits per heavy atom. The van der Waals surface area contributed by atoms with Gasteiger partial charge < -0.3 is 15.0 Å². The number of fused-ring (bicyclic) bond motifs is 1. The first-order valence-electron chi connectivity index (χ1n) is 12.7. The molecule has 3 aromatic carbocycles. The molecule has 0 spiro atoms. The van der Waals surface area contributed by atoms with Gasteiger partial charge >= 0.3 is 0 Å². The number of anilines is 2.